The minimum atomic E-state index is -4.40. The quantitative estimate of drug-likeness (QED) is 0.587. The summed E-state index contributed by atoms with van der Waals surface area (Å²) in [6, 6.07) is 4.13. The highest BCUT2D eigenvalue weighted by molar-refractivity contribution is 5.45. The van der Waals surface area contributed by atoms with Gasteiger partial charge in [-0.05, 0) is 23.1 Å². The summed E-state index contributed by atoms with van der Waals surface area (Å²) in [5.74, 6) is 2.06. The normalized spacial score (nSPS) is 12.3. The molecule has 0 radical (unpaired) electrons. The fourth-order valence-electron chi connectivity index (χ4n) is 1.37. The second kappa shape index (κ2) is 3.86. The summed E-state index contributed by atoms with van der Waals surface area (Å²) < 4.78 is 38.1. The molecule has 0 saturated heterocycles. The van der Waals surface area contributed by atoms with Crippen molar-refractivity contribution < 1.29 is 13.2 Å². The molecule has 0 unspecified atom stereocenters. The molecule has 0 aliphatic heterocycles. The van der Waals surface area contributed by atoms with Gasteiger partial charge in [0.15, 0.2) is 0 Å². The molecule has 1 aromatic rings. The first-order chi connectivity index (χ1) is 7.16. The standard InChI is InChI=1S/C13H13F3/c1-5-9-6-7-10(12(2,3)4)8-11(9)13(14,15)16/h1,6-8H,2-4H3. The molecule has 86 valence electrons. The van der Waals surface area contributed by atoms with Crippen LogP contribution in [0.25, 0.3) is 0 Å². The molecule has 0 amide bonds. The van der Waals surface area contributed by atoms with Gasteiger partial charge in [-0.2, -0.15) is 13.2 Å². The summed E-state index contributed by atoms with van der Waals surface area (Å²) in [5, 5.41) is 0. The lowest BCUT2D eigenvalue weighted by molar-refractivity contribution is -0.137. The molecular weight excluding hydrogens is 213 g/mol. The molecular formula is C13H13F3. The van der Waals surface area contributed by atoms with Crippen molar-refractivity contribution in [3.05, 3.63) is 34.9 Å². The molecule has 0 bridgehead atoms. The molecule has 0 saturated carbocycles. The third-order valence-corrected chi connectivity index (χ3v) is 2.35. The Labute approximate surface area is 93.5 Å². The van der Waals surface area contributed by atoms with Gasteiger partial charge in [0.25, 0.3) is 0 Å². The Morgan fingerprint density at radius 2 is 1.69 bits per heavy atom. The van der Waals surface area contributed by atoms with Crippen LogP contribution >= 0.6 is 0 Å². The molecule has 1 aromatic carbocycles. The van der Waals surface area contributed by atoms with E-state index in [1.165, 1.54) is 6.07 Å². The molecule has 16 heavy (non-hydrogen) atoms. The zero-order chi connectivity index (χ0) is 12.6. The maximum absolute atomic E-state index is 12.7. The van der Waals surface area contributed by atoms with Gasteiger partial charge in [-0.1, -0.05) is 32.8 Å². The molecule has 0 aromatic heterocycles. The maximum Gasteiger partial charge on any atom is 0.417 e. The van der Waals surface area contributed by atoms with Crippen LogP contribution in [0.15, 0.2) is 18.2 Å². The van der Waals surface area contributed by atoms with Crippen molar-refractivity contribution in [2.45, 2.75) is 32.4 Å². The Balaban J connectivity index is 3.41. The van der Waals surface area contributed by atoms with Crippen LogP contribution < -0.4 is 0 Å². The Kier molecular flexibility index (Phi) is 3.05. The number of benzene rings is 1. The van der Waals surface area contributed by atoms with Crippen LogP contribution in [-0.4, -0.2) is 0 Å². The minimum Gasteiger partial charge on any atom is -0.166 e. The summed E-state index contributed by atoms with van der Waals surface area (Å²) in [6.07, 6.45) is 0.657. The maximum atomic E-state index is 12.7. The summed E-state index contributed by atoms with van der Waals surface area (Å²) >= 11 is 0. The fourth-order valence-corrected chi connectivity index (χ4v) is 1.37. The van der Waals surface area contributed by atoms with Crippen molar-refractivity contribution in [3.8, 4) is 12.3 Å². The van der Waals surface area contributed by atoms with E-state index in [1.807, 2.05) is 20.8 Å². The van der Waals surface area contributed by atoms with Gasteiger partial charge in [0.1, 0.15) is 0 Å². The van der Waals surface area contributed by atoms with E-state index in [2.05, 4.69) is 5.92 Å². The van der Waals surface area contributed by atoms with Gasteiger partial charge in [0.05, 0.1) is 5.56 Å². The predicted octanol–water partition coefficient (Wildman–Crippen LogP) is 3.98. The van der Waals surface area contributed by atoms with Crippen LogP contribution in [0.2, 0.25) is 0 Å². The van der Waals surface area contributed by atoms with E-state index < -0.39 is 11.7 Å². The highest BCUT2D eigenvalue weighted by Crippen LogP contribution is 2.34. The van der Waals surface area contributed by atoms with Crippen LogP contribution in [0, 0.1) is 12.3 Å². The minimum absolute atomic E-state index is 0.111. The van der Waals surface area contributed by atoms with Crippen LogP contribution in [0.5, 0.6) is 0 Å². The van der Waals surface area contributed by atoms with Gasteiger partial charge in [-0.25, -0.2) is 0 Å². The first-order valence-electron chi connectivity index (χ1n) is 4.84. The van der Waals surface area contributed by atoms with E-state index in [1.54, 1.807) is 6.07 Å². The largest absolute Gasteiger partial charge is 0.417 e. The highest BCUT2D eigenvalue weighted by atomic mass is 19.4. The topological polar surface area (TPSA) is 0 Å². The van der Waals surface area contributed by atoms with Crippen molar-refractivity contribution >= 4 is 0 Å². The molecule has 0 fully saturated rings. The molecule has 0 aliphatic carbocycles. The van der Waals surface area contributed by atoms with E-state index >= 15 is 0 Å². The van der Waals surface area contributed by atoms with Gasteiger partial charge >= 0.3 is 6.18 Å². The molecule has 1 rings (SSSR count). The molecule has 0 heterocycles. The number of rotatable bonds is 0. The lowest BCUT2D eigenvalue weighted by Crippen LogP contribution is -2.15. The van der Waals surface area contributed by atoms with Crippen LogP contribution in [0.4, 0.5) is 13.2 Å². The first-order valence-corrected chi connectivity index (χ1v) is 4.84. The monoisotopic (exact) mass is 226 g/mol. The van der Waals surface area contributed by atoms with Crippen molar-refractivity contribution in [2.75, 3.05) is 0 Å². The molecule has 0 atom stereocenters. The average molecular weight is 226 g/mol. The second-order valence-corrected chi connectivity index (χ2v) is 4.65. The third-order valence-electron chi connectivity index (χ3n) is 2.35. The smallest absolute Gasteiger partial charge is 0.166 e. The van der Waals surface area contributed by atoms with Crippen LogP contribution in [0.1, 0.15) is 37.5 Å². The number of hydrogen-bond donors (Lipinski definition) is 0. The molecule has 0 N–H and O–H groups in total. The van der Waals surface area contributed by atoms with Crippen LogP contribution in [-0.2, 0) is 11.6 Å². The Morgan fingerprint density at radius 3 is 2.06 bits per heavy atom. The number of hydrogen-bond acceptors (Lipinski definition) is 0. The Morgan fingerprint density at radius 1 is 1.12 bits per heavy atom. The molecule has 3 heteroatoms. The number of halogens is 3. The van der Waals surface area contributed by atoms with Gasteiger partial charge in [0.2, 0.25) is 0 Å². The van der Waals surface area contributed by atoms with Crippen molar-refractivity contribution in [1.29, 1.82) is 0 Å². The molecule has 0 spiro atoms. The van der Waals surface area contributed by atoms with Gasteiger partial charge in [-0.15, -0.1) is 6.42 Å². The third kappa shape index (κ3) is 2.57. The van der Waals surface area contributed by atoms with Gasteiger partial charge < -0.3 is 0 Å². The molecule has 0 aliphatic rings. The number of alkyl halides is 3. The van der Waals surface area contributed by atoms with Gasteiger partial charge in [-0.3, -0.25) is 0 Å². The number of terminal acetylenes is 1. The average Bonchev–Trinajstić information content (AvgIpc) is 2.14. The van der Waals surface area contributed by atoms with E-state index in [0.717, 1.165) is 6.07 Å². The van der Waals surface area contributed by atoms with Crippen molar-refractivity contribution in [3.63, 3.8) is 0 Å². The van der Waals surface area contributed by atoms with E-state index in [-0.39, 0.29) is 11.0 Å². The highest BCUT2D eigenvalue weighted by Gasteiger charge is 2.34. The van der Waals surface area contributed by atoms with Crippen molar-refractivity contribution in [1.82, 2.24) is 0 Å². The van der Waals surface area contributed by atoms with Crippen molar-refractivity contribution in [2.24, 2.45) is 0 Å². The van der Waals surface area contributed by atoms with E-state index in [4.69, 9.17) is 6.42 Å². The lowest BCUT2D eigenvalue weighted by atomic mass is 9.85. The summed E-state index contributed by atoms with van der Waals surface area (Å²) in [5.41, 5.74) is -0.547. The SMILES string of the molecule is C#Cc1ccc(C(C)(C)C)cc1C(F)(F)F. The Hall–Kier alpha value is -1.43. The van der Waals surface area contributed by atoms with Gasteiger partial charge in [0, 0.05) is 5.56 Å². The van der Waals surface area contributed by atoms with E-state index in [0.29, 0.717) is 5.56 Å². The summed E-state index contributed by atoms with van der Waals surface area (Å²) in [7, 11) is 0. The lowest BCUT2D eigenvalue weighted by Gasteiger charge is -2.21. The fraction of sp³-hybridized carbons (Fsp3) is 0.385. The van der Waals surface area contributed by atoms with Crippen LogP contribution in [0.3, 0.4) is 0 Å². The molecule has 0 nitrogen and oxygen atoms in total. The zero-order valence-corrected chi connectivity index (χ0v) is 9.44. The second-order valence-electron chi connectivity index (χ2n) is 4.65. The van der Waals surface area contributed by atoms with E-state index in [9.17, 15) is 13.2 Å². The predicted molar refractivity (Wildman–Crippen MR) is 58.1 cm³/mol. The summed E-state index contributed by atoms with van der Waals surface area (Å²) in [6.45, 7) is 5.58. The first kappa shape index (κ1) is 12.6. The summed E-state index contributed by atoms with van der Waals surface area (Å²) in [4.78, 5) is 0. The zero-order valence-electron chi connectivity index (χ0n) is 9.44. The Bertz CT molecular complexity index is 428.